The SMILES string of the molecule is Cc1cc(NC2CCc3cc(Br)ccc32)cc(C)c1Br. The molecule has 1 nitrogen and oxygen atoms in total. The van der Waals surface area contributed by atoms with Crippen LogP contribution in [0.3, 0.4) is 0 Å². The molecule has 0 aromatic heterocycles. The van der Waals surface area contributed by atoms with Crippen molar-refractivity contribution < 1.29 is 0 Å². The van der Waals surface area contributed by atoms with Crippen LogP contribution in [-0.4, -0.2) is 0 Å². The highest BCUT2D eigenvalue weighted by atomic mass is 79.9. The minimum Gasteiger partial charge on any atom is -0.378 e. The highest BCUT2D eigenvalue weighted by Gasteiger charge is 2.22. The monoisotopic (exact) mass is 393 g/mol. The van der Waals surface area contributed by atoms with E-state index in [4.69, 9.17) is 0 Å². The summed E-state index contributed by atoms with van der Waals surface area (Å²) in [5.74, 6) is 0. The van der Waals surface area contributed by atoms with Crippen LogP contribution in [0.2, 0.25) is 0 Å². The minimum atomic E-state index is 0.429. The van der Waals surface area contributed by atoms with Crippen molar-refractivity contribution in [2.75, 3.05) is 5.32 Å². The molecule has 0 amide bonds. The number of aryl methyl sites for hydroxylation is 3. The summed E-state index contributed by atoms with van der Waals surface area (Å²) < 4.78 is 2.38. The van der Waals surface area contributed by atoms with Gasteiger partial charge in [0.15, 0.2) is 0 Å². The van der Waals surface area contributed by atoms with Crippen LogP contribution in [0.1, 0.15) is 34.7 Å². The lowest BCUT2D eigenvalue weighted by Gasteiger charge is -2.17. The first-order chi connectivity index (χ1) is 9.54. The number of halogens is 2. The number of hydrogen-bond acceptors (Lipinski definition) is 1. The van der Waals surface area contributed by atoms with E-state index < -0.39 is 0 Å². The average Bonchev–Trinajstić information content (AvgIpc) is 2.78. The Morgan fingerprint density at radius 1 is 1.05 bits per heavy atom. The van der Waals surface area contributed by atoms with E-state index in [1.807, 2.05) is 0 Å². The van der Waals surface area contributed by atoms with Gasteiger partial charge in [-0.1, -0.05) is 37.9 Å². The first-order valence-electron chi connectivity index (χ1n) is 6.86. The van der Waals surface area contributed by atoms with Crippen molar-refractivity contribution in [2.45, 2.75) is 32.7 Å². The van der Waals surface area contributed by atoms with Gasteiger partial charge in [-0.15, -0.1) is 0 Å². The highest BCUT2D eigenvalue weighted by Crippen LogP contribution is 2.36. The topological polar surface area (TPSA) is 12.0 Å². The third-order valence-corrected chi connectivity index (χ3v) is 5.70. The molecule has 104 valence electrons. The van der Waals surface area contributed by atoms with Crippen molar-refractivity contribution >= 4 is 37.5 Å². The number of rotatable bonds is 2. The van der Waals surface area contributed by atoms with Crippen molar-refractivity contribution in [3.8, 4) is 0 Å². The van der Waals surface area contributed by atoms with Gasteiger partial charge in [-0.2, -0.15) is 0 Å². The third kappa shape index (κ3) is 2.66. The van der Waals surface area contributed by atoms with E-state index in [2.05, 4.69) is 81.4 Å². The van der Waals surface area contributed by atoms with Crippen molar-refractivity contribution in [3.63, 3.8) is 0 Å². The molecule has 1 unspecified atom stereocenters. The van der Waals surface area contributed by atoms with E-state index in [0.29, 0.717) is 6.04 Å². The van der Waals surface area contributed by atoms with Gasteiger partial charge >= 0.3 is 0 Å². The molecule has 0 saturated heterocycles. The van der Waals surface area contributed by atoms with Gasteiger partial charge in [0.2, 0.25) is 0 Å². The fraction of sp³-hybridized carbons (Fsp3) is 0.294. The summed E-state index contributed by atoms with van der Waals surface area (Å²) >= 11 is 7.18. The summed E-state index contributed by atoms with van der Waals surface area (Å²) in [6.07, 6.45) is 2.32. The molecule has 0 bridgehead atoms. The quantitative estimate of drug-likeness (QED) is 0.665. The lowest BCUT2D eigenvalue weighted by Crippen LogP contribution is -2.07. The fourth-order valence-corrected chi connectivity index (χ4v) is 3.60. The normalized spacial score (nSPS) is 17.1. The van der Waals surface area contributed by atoms with Gasteiger partial charge < -0.3 is 5.32 Å². The van der Waals surface area contributed by atoms with Crippen LogP contribution in [0.15, 0.2) is 39.3 Å². The Kier molecular flexibility index (Phi) is 3.91. The maximum Gasteiger partial charge on any atom is 0.0519 e. The predicted octanol–water partition coefficient (Wildman–Crippen LogP) is 5.93. The Bertz CT molecular complexity index is 641. The third-order valence-electron chi connectivity index (χ3n) is 3.96. The van der Waals surface area contributed by atoms with Crippen LogP contribution in [0, 0.1) is 13.8 Å². The van der Waals surface area contributed by atoms with Gasteiger partial charge in [0, 0.05) is 14.6 Å². The predicted molar refractivity (Wildman–Crippen MR) is 92.4 cm³/mol. The second-order valence-electron chi connectivity index (χ2n) is 5.50. The summed E-state index contributed by atoms with van der Waals surface area (Å²) in [5.41, 5.74) is 6.67. The largest absolute Gasteiger partial charge is 0.378 e. The number of hydrogen-bond donors (Lipinski definition) is 1. The molecule has 3 heteroatoms. The molecule has 3 rings (SSSR count). The summed E-state index contributed by atoms with van der Waals surface area (Å²) in [6, 6.07) is 11.5. The van der Waals surface area contributed by atoms with Crippen molar-refractivity contribution in [1.82, 2.24) is 0 Å². The molecule has 2 aromatic carbocycles. The molecule has 0 radical (unpaired) electrons. The van der Waals surface area contributed by atoms with E-state index in [0.717, 1.165) is 6.42 Å². The summed E-state index contributed by atoms with van der Waals surface area (Å²) in [5, 5.41) is 3.69. The summed E-state index contributed by atoms with van der Waals surface area (Å²) in [6.45, 7) is 4.28. The number of fused-ring (bicyclic) bond motifs is 1. The van der Waals surface area contributed by atoms with Crippen molar-refractivity contribution in [3.05, 3.63) is 61.5 Å². The highest BCUT2D eigenvalue weighted by molar-refractivity contribution is 9.10. The van der Waals surface area contributed by atoms with Crippen molar-refractivity contribution in [1.29, 1.82) is 0 Å². The standard InChI is InChI=1S/C17H17Br2N/c1-10-7-14(8-11(2)17(10)19)20-16-6-3-12-9-13(18)4-5-15(12)16/h4-5,7-9,16,20H,3,6H2,1-2H3. The zero-order chi connectivity index (χ0) is 14.3. The van der Waals surface area contributed by atoms with Crippen LogP contribution >= 0.6 is 31.9 Å². The van der Waals surface area contributed by atoms with Crippen LogP contribution in [-0.2, 0) is 6.42 Å². The lowest BCUT2D eigenvalue weighted by atomic mass is 10.1. The van der Waals surface area contributed by atoms with Gasteiger partial charge in [-0.05, 0) is 73.2 Å². The van der Waals surface area contributed by atoms with Gasteiger partial charge in [-0.3, -0.25) is 0 Å². The Morgan fingerprint density at radius 2 is 1.75 bits per heavy atom. The second kappa shape index (κ2) is 5.53. The molecule has 0 heterocycles. The number of nitrogens with one attached hydrogen (secondary N) is 1. The lowest BCUT2D eigenvalue weighted by molar-refractivity contribution is 0.762. The molecule has 1 aliphatic carbocycles. The van der Waals surface area contributed by atoms with Gasteiger partial charge in [0.05, 0.1) is 6.04 Å². The van der Waals surface area contributed by atoms with Gasteiger partial charge in [0.1, 0.15) is 0 Å². The first kappa shape index (κ1) is 14.2. The number of benzene rings is 2. The first-order valence-corrected chi connectivity index (χ1v) is 8.45. The summed E-state index contributed by atoms with van der Waals surface area (Å²) in [7, 11) is 0. The van der Waals surface area contributed by atoms with Crippen molar-refractivity contribution in [2.24, 2.45) is 0 Å². The van der Waals surface area contributed by atoms with E-state index in [1.54, 1.807) is 0 Å². The maximum absolute atomic E-state index is 3.69. The number of anilines is 1. The zero-order valence-electron chi connectivity index (χ0n) is 11.6. The molecule has 0 spiro atoms. The van der Waals surface area contributed by atoms with Gasteiger partial charge in [0.25, 0.3) is 0 Å². The van der Waals surface area contributed by atoms with Crippen LogP contribution in [0.25, 0.3) is 0 Å². The summed E-state index contributed by atoms with van der Waals surface area (Å²) in [4.78, 5) is 0. The fourth-order valence-electron chi connectivity index (χ4n) is 2.97. The molecule has 2 aromatic rings. The maximum atomic E-state index is 3.69. The molecule has 0 fully saturated rings. The average molecular weight is 395 g/mol. The zero-order valence-corrected chi connectivity index (χ0v) is 14.8. The Labute approximate surface area is 137 Å². The Balaban J connectivity index is 1.87. The molecule has 0 aliphatic heterocycles. The van der Waals surface area contributed by atoms with E-state index >= 15 is 0 Å². The van der Waals surface area contributed by atoms with E-state index in [1.165, 1.54) is 43.3 Å². The Hall–Kier alpha value is -0.800. The minimum absolute atomic E-state index is 0.429. The van der Waals surface area contributed by atoms with E-state index in [9.17, 15) is 0 Å². The smallest absolute Gasteiger partial charge is 0.0519 e. The molecular weight excluding hydrogens is 378 g/mol. The Morgan fingerprint density at radius 3 is 2.45 bits per heavy atom. The van der Waals surface area contributed by atoms with Crippen LogP contribution in [0.5, 0.6) is 0 Å². The molecule has 1 N–H and O–H groups in total. The van der Waals surface area contributed by atoms with Crippen LogP contribution in [0.4, 0.5) is 5.69 Å². The molecule has 0 saturated carbocycles. The van der Waals surface area contributed by atoms with E-state index in [-0.39, 0.29) is 0 Å². The second-order valence-corrected chi connectivity index (χ2v) is 7.21. The molecular formula is C17H17Br2N. The molecule has 1 atom stereocenters. The van der Waals surface area contributed by atoms with Crippen LogP contribution < -0.4 is 5.32 Å². The molecule has 20 heavy (non-hydrogen) atoms. The molecule has 1 aliphatic rings. The van der Waals surface area contributed by atoms with Gasteiger partial charge in [-0.25, -0.2) is 0 Å².